The molecular weight excluding hydrogens is 356 g/mol. The van der Waals surface area contributed by atoms with Gasteiger partial charge in [0.2, 0.25) is 0 Å². The number of amides is 1. The minimum atomic E-state index is -0.701. The predicted molar refractivity (Wildman–Crippen MR) is 101 cm³/mol. The fraction of sp³-hybridized carbons (Fsp3) is 0.278. The Bertz CT molecular complexity index is 962. The molecule has 1 amide bonds. The van der Waals surface area contributed by atoms with Crippen LogP contribution in [-0.2, 0) is 10.3 Å². The van der Waals surface area contributed by atoms with E-state index in [2.05, 4.69) is 15.7 Å². The molecule has 136 valence electrons. The molecule has 4 rings (SSSR count). The van der Waals surface area contributed by atoms with Gasteiger partial charge in [0, 0.05) is 29.5 Å². The second-order valence-electron chi connectivity index (χ2n) is 6.19. The number of nitrogens with zero attached hydrogens (tertiary/aromatic N) is 2. The van der Waals surface area contributed by atoms with E-state index in [0.29, 0.717) is 24.1 Å². The fourth-order valence-corrected chi connectivity index (χ4v) is 3.32. The lowest BCUT2D eigenvalue weighted by molar-refractivity contribution is -0.126. The van der Waals surface area contributed by atoms with Gasteiger partial charge in [-0.15, -0.1) is 12.4 Å². The first-order valence-electron chi connectivity index (χ1n) is 8.24. The maximum absolute atomic E-state index is 13.1. The first-order chi connectivity index (χ1) is 12.2. The molecule has 8 heteroatoms. The molecule has 1 aliphatic rings. The van der Waals surface area contributed by atoms with E-state index < -0.39 is 11.2 Å². The summed E-state index contributed by atoms with van der Waals surface area (Å²) in [6.07, 6.45) is 4.86. The third-order valence-electron chi connectivity index (χ3n) is 4.67. The molecular formula is C18H19ClN4O3. The Morgan fingerprint density at radius 1 is 1.23 bits per heavy atom. The van der Waals surface area contributed by atoms with Crippen molar-refractivity contribution in [3.05, 3.63) is 59.2 Å². The van der Waals surface area contributed by atoms with Gasteiger partial charge < -0.3 is 15.1 Å². The number of aromatic nitrogens is 2. The zero-order valence-electron chi connectivity index (χ0n) is 14.0. The molecule has 0 atom stereocenters. The minimum absolute atomic E-state index is 0. The van der Waals surface area contributed by atoms with E-state index in [1.807, 2.05) is 12.3 Å². The number of halogens is 1. The number of anilines is 1. The van der Waals surface area contributed by atoms with Gasteiger partial charge in [-0.25, -0.2) is 4.79 Å². The van der Waals surface area contributed by atoms with Crippen molar-refractivity contribution in [1.82, 2.24) is 15.1 Å². The van der Waals surface area contributed by atoms with Gasteiger partial charge in [-0.2, -0.15) is 5.10 Å². The minimum Gasteiger partial charge on any atom is -0.423 e. The van der Waals surface area contributed by atoms with Crippen LogP contribution in [0.4, 0.5) is 5.69 Å². The highest BCUT2D eigenvalue weighted by atomic mass is 35.5. The first kappa shape index (κ1) is 18.2. The van der Waals surface area contributed by atoms with E-state index in [1.165, 1.54) is 6.07 Å². The van der Waals surface area contributed by atoms with Crippen molar-refractivity contribution in [3.63, 3.8) is 0 Å². The lowest BCUT2D eigenvalue weighted by Gasteiger charge is -2.36. The first-order valence-corrected chi connectivity index (χ1v) is 8.24. The van der Waals surface area contributed by atoms with Gasteiger partial charge in [-0.1, -0.05) is 0 Å². The lowest BCUT2D eigenvalue weighted by Crippen LogP contribution is -2.52. The summed E-state index contributed by atoms with van der Waals surface area (Å²) in [4.78, 5) is 24.4. The summed E-state index contributed by atoms with van der Waals surface area (Å²) in [5, 5.41) is 11.4. The van der Waals surface area contributed by atoms with Gasteiger partial charge in [0.25, 0.3) is 5.91 Å². The SMILES string of the molecule is Cl.O=C(Nc1ccc2oc(=O)ccc2c1)C1(n2cccn2)CCNCC1. The number of hydrogen-bond acceptors (Lipinski definition) is 5. The van der Waals surface area contributed by atoms with Crippen molar-refractivity contribution in [2.75, 3.05) is 18.4 Å². The normalized spacial score (nSPS) is 16.0. The summed E-state index contributed by atoms with van der Waals surface area (Å²) < 4.78 is 6.88. The number of piperidine rings is 1. The quantitative estimate of drug-likeness (QED) is 0.685. The van der Waals surface area contributed by atoms with Crippen molar-refractivity contribution in [1.29, 1.82) is 0 Å². The molecule has 0 spiro atoms. The third kappa shape index (κ3) is 3.23. The summed E-state index contributed by atoms with van der Waals surface area (Å²) in [7, 11) is 0. The smallest absolute Gasteiger partial charge is 0.336 e. The summed E-state index contributed by atoms with van der Waals surface area (Å²) in [6.45, 7) is 1.52. The van der Waals surface area contributed by atoms with Crippen LogP contribution in [0.15, 0.2) is 58.0 Å². The molecule has 2 aromatic heterocycles. The number of benzene rings is 1. The standard InChI is InChI=1S/C18H18N4O3.ClH/c23-16-5-2-13-12-14(3-4-15(13)25-16)21-17(24)18(6-9-19-10-7-18)22-11-1-8-20-22;/h1-5,8,11-12,19H,6-7,9-10H2,(H,21,24);1H. The van der Waals surface area contributed by atoms with Crippen LogP contribution in [-0.4, -0.2) is 28.8 Å². The molecule has 0 saturated carbocycles. The second kappa shape index (κ2) is 7.31. The molecule has 0 unspecified atom stereocenters. The van der Waals surface area contributed by atoms with Crippen molar-refractivity contribution >= 4 is 35.0 Å². The van der Waals surface area contributed by atoms with Gasteiger partial charge in [-0.05, 0) is 56.3 Å². The highest BCUT2D eigenvalue weighted by molar-refractivity contribution is 5.98. The number of carbonyl (C=O) groups excluding carboxylic acids is 1. The molecule has 0 bridgehead atoms. The summed E-state index contributed by atoms with van der Waals surface area (Å²) in [5.41, 5.74) is 0.0645. The molecule has 1 aromatic carbocycles. The second-order valence-corrected chi connectivity index (χ2v) is 6.19. The monoisotopic (exact) mass is 374 g/mol. The average Bonchev–Trinajstić information content (AvgIpc) is 3.17. The van der Waals surface area contributed by atoms with Gasteiger partial charge in [0.15, 0.2) is 0 Å². The Hall–Kier alpha value is -2.64. The Morgan fingerprint density at radius 2 is 2.04 bits per heavy atom. The van der Waals surface area contributed by atoms with E-state index in [9.17, 15) is 9.59 Å². The molecule has 1 saturated heterocycles. The molecule has 7 nitrogen and oxygen atoms in total. The van der Waals surface area contributed by atoms with Gasteiger partial charge in [0.1, 0.15) is 11.1 Å². The van der Waals surface area contributed by atoms with Gasteiger partial charge in [0.05, 0.1) is 0 Å². The largest absolute Gasteiger partial charge is 0.423 e. The van der Waals surface area contributed by atoms with Crippen molar-refractivity contribution in [2.24, 2.45) is 0 Å². The maximum atomic E-state index is 13.1. The van der Waals surface area contributed by atoms with Crippen LogP contribution < -0.4 is 16.3 Å². The number of nitrogens with one attached hydrogen (secondary N) is 2. The summed E-state index contributed by atoms with van der Waals surface area (Å²) in [6, 6.07) is 10.1. The summed E-state index contributed by atoms with van der Waals surface area (Å²) >= 11 is 0. The summed E-state index contributed by atoms with van der Waals surface area (Å²) in [5.74, 6) is -0.0885. The number of hydrogen-bond donors (Lipinski definition) is 2. The van der Waals surface area contributed by atoms with Crippen LogP contribution in [0.3, 0.4) is 0 Å². The van der Waals surface area contributed by atoms with Crippen LogP contribution >= 0.6 is 12.4 Å². The average molecular weight is 375 g/mol. The van der Waals surface area contributed by atoms with Crippen LogP contribution in [0.25, 0.3) is 11.0 Å². The van der Waals surface area contributed by atoms with Crippen LogP contribution in [0.1, 0.15) is 12.8 Å². The number of fused-ring (bicyclic) bond motifs is 1. The Balaban J connectivity index is 0.00000196. The molecule has 1 fully saturated rings. The van der Waals surface area contributed by atoms with E-state index >= 15 is 0 Å². The molecule has 0 radical (unpaired) electrons. The Labute approximate surface area is 155 Å². The predicted octanol–water partition coefficient (Wildman–Crippen LogP) is 2.13. The van der Waals surface area contributed by atoms with Crippen molar-refractivity contribution < 1.29 is 9.21 Å². The van der Waals surface area contributed by atoms with Crippen LogP contribution in [0.5, 0.6) is 0 Å². The zero-order chi connectivity index (χ0) is 17.3. The van der Waals surface area contributed by atoms with Crippen LogP contribution in [0.2, 0.25) is 0 Å². The molecule has 3 heterocycles. The Morgan fingerprint density at radius 3 is 2.77 bits per heavy atom. The van der Waals surface area contributed by atoms with E-state index in [-0.39, 0.29) is 18.3 Å². The fourth-order valence-electron chi connectivity index (χ4n) is 3.32. The van der Waals surface area contributed by atoms with Gasteiger partial charge in [-0.3, -0.25) is 9.48 Å². The van der Waals surface area contributed by atoms with E-state index in [4.69, 9.17) is 4.42 Å². The third-order valence-corrected chi connectivity index (χ3v) is 4.67. The molecule has 3 aromatic rings. The van der Waals surface area contributed by atoms with Gasteiger partial charge >= 0.3 is 5.63 Å². The number of rotatable bonds is 3. The van der Waals surface area contributed by atoms with Crippen molar-refractivity contribution in [2.45, 2.75) is 18.4 Å². The van der Waals surface area contributed by atoms with E-state index in [1.54, 1.807) is 35.1 Å². The highest BCUT2D eigenvalue weighted by Gasteiger charge is 2.42. The van der Waals surface area contributed by atoms with Crippen molar-refractivity contribution in [3.8, 4) is 0 Å². The number of carbonyl (C=O) groups is 1. The molecule has 1 aliphatic heterocycles. The van der Waals surface area contributed by atoms with Crippen LogP contribution in [0, 0.1) is 0 Å². The molecule has 0 aliphatic carbocycles. The lowest BCUT2D eigenvalue weighted by atomic mass is 9.87. The maximum Gasteiger partial charge on any atom is 0.336 e. The Kier molecular flexibility index (Phi) is 5.11. The molecule has 26 heavy (non-hydrogen) atoms. The molecule has 2 N–H and O–H groups in total. The van der Waals surface area contributed by atoms with E-state index in [0.717, 1.165) is 18.5 Å². The zero-order valence-corrected chi connectivity index (χ0v) is 14.8. The highest BCUT2D eigenvalue weighted by Crippen LogP contribution is 2.29. The topological polar surface area (TPSA) is 89.2 Å².